The van der Waals surface area contributed by atoms with Gasteiger partial charge in [0.25, 0.3) is 0 Å². The lowest BCUT2D eigenvalue weighted by Gasteiger charge is -1.96. The van der Waals surface area contributed by atoms with Crippen LogP contribution in [0.4, 0.5) is 0 Å². The summed E-state index contributed by atoms with van der Waals surface area (Å²) in [5, 5.41) is 3.16. The van der Waals surface area contributed by atoms with Crippen LogP contribution in [0.2, 0.25) is 0 Å². The number of rotatable bonds is 6. The van der Waals surface area contributed by atoms with E-state index in [-0.39, 0.29) is 0 Å². The maximum absolute atomic E-state index is 5.21. The molecular weight excluding hydrogens is 168 g/mol. The van der Waals surface area contributed by atoms with E-state index in [4.69, 9.17) is 9.15 Å². The average molecular weight is 184 g/mol. The molecule has 0 aliphatic carbocycles. The van der Waals surface area contributed by atoms with Gasteiger partial charge in [-0.25, -0.2) is 0 Å². The standard InChI is InChI=1S/C9H16N2O2/c1-3-5-12-9-11-8(7-13-9)6-10-4-2/h7,10H,3-6H2,1-2H3. The fraction of sp³-hybridized carbons (Fsp3) is 0.667. The molecule has 74 valence electrons. The zero-order valence-corrected chi connectivity index (χ0v) is 8.17. The van der Waals surface area contributed by atoms with E-state index in [1.807, 2.05) is 6.92 Å². The van der Waals surface area contributed by atoms with Crippen LogP contribution in [0.1, 0.15) is 26.0 Å². The highest BCUT2D eigenvalue weighted by molar-refractivity contribution is 4.99. The van der Waals surface area contributed by atoms with Crippen molar-refractivity contribution < 1.29 is 9.15 Å². The molecule has 4 heteroatoms. The van der Waals surface area contributed by atoms with Gasteiger partial charge in [-0.1, -0.05) is 13.8 Å². The van der Waals surface area contributed by atoms with E-state index in [0.717, 1.165) is 25.2 Å². The Morgan fingerprint density at radius 2 is 2.38 bits per heavy atom. The molecule has 0 radical (unpaired) electrons. The van der Waals surface area contributed by atoms with Gasteiger partial charge in [-0.3, -0.25) is 0 Å². The van der Waals surface area contributed by atoms with Crippen molar-refractivity contribution in [2.75, 3.05) is 13.2 Å². The summed E-state index contributed by atoms with van der Waals surface area (Å²) in [6.45, 7) is 6.41. The summed E-state index contributed by atoms with van der Waals surface area (Å²) in [5.41, 5.74) is 0.882. The van der Waals surface area contributed by atoms with Crippen LogP contribution in [-0.4, -0.2) is 18.1 Å². The third-order valence-corrected chi connectivity index (χ3v) is 1.52. The minimum Gasteiger partial charge on any atom is -0.450 e. The number of ether oxygens (including phenoxy) is 1. The number of hydrogen-bond donors (Lipinski definition) is 1. The topological polar surface area (TPSA) is 47.3 Å². The second-order valence-electron chi connectivity index (χ2n) is 2.73. The van der Waals surface area contributed by atoms with E-state index < -0.39 is 0 Å². The number of oxazole rings is 1. The summed E-state index contributed by atoms with van der Waals surface area (Å²) < 4.78 is 10.3. The monoisotopic (exact) mass is 184 g/mol. The van der Waals surface area contributed by atoms with Gasteiger partial charge in [0.05, 0.1) is 12.3 Å². The molecule has 1 aromatic rings. The van der Waals surface area contributed by atoms with Gasteiger partial charge >= 0.3 is 6.08 Å². The Hall–Kier alpha value is -1.03. The molecule has 0 aliphatic heterocycles. The van der Waals surface area contributed by atoms with Crippen molar-refractivity contribution in [2.45, 2.75) is 26.8 Å². The molecule has 1 heterocycles. The van der Waals surface area contributed by atoms with Crippen molar-refractivity contribution in [3.05, 3.63) is 12.0 Å². The van der Waals surface area contributed by atoms with Gasteiger partial charge in [-0.2, -0.15) is 4.98 Å². The lowest BCUT2D eigenvalue weighted by atomic mass is 10.5. The van der Waals surface area contributed by atoms with E-state index in [0.29, 0.717) is 12.7 Å². The molecule has 0 bridgehead atoms. The molecule has 0 aromatic carbocycles. The fourth-order valence-electron chi connectivity index (χ4n) is 0.878. The predicted molar refractivity (Wildman–Crippen MR) is 49.7 cm³/mol. The number of nitrogens with one attached hydrogen (secondary N) is 1. The lowest BCUT2D eigenvalue weighted by Crippen LogP contribution is -2.11. The van der Waals surface area contributed by atoms with Crippen molar-refractivity contribution in [1.29, 1.82) is 0 Å². The van der Waals surface area contributed by atoms with Crippen molar-refractivity contribution >= 4 is 0 Å². The third-order valence-electron chi connectivity index (χ3n) is 1.52. The van der Waals surface area contributed by atoms with E-state index in [9.17, 15) is 0 Å². The van der Waals surface area contributed by atoms with Gasteiger partial charge < -0.3 is 14.5 Å². The SMILES string of the molecule is CCCOc1nc(CNCC)co1. The van der Waals surface area contributed by atoms with E-state index in [1.54, 1.807) is 6.26 Å². The molecule has 13 heavy (non-hydrogen) atoms. The first-order chi connectivity index (χ1) is 6.36. The third kappa shape index (κ3) is 3.46. The highest BCUT2D eigenvalue weighted by Crippen LogP contribution is 2.09. The van der Waals surface area contributed by atoms with Crippen LogP contribution in [0, 0.1) is 0 Å². The molecule has 0 atom stereocenters. The van der Waals surface area contributed by atoms with E-state index in [1.165, 1.54) is 0 Å². The summed E-state index contributed by atoms with van der Waals surface area (Å²) in [5.74, 6) is 0. The molecule has 0 fully saturated rings. The van der Waals surface area contributed by atoms with Crippen LogP contribution in [0.5, 0.6) is 6.08 Å². The first-order valence-corrected chi connectivity index (χ1v) is 4.64. The quantitative estimate of drug-likeness (QED) is 0.729. The first-order valence-electron chi connectivity index (χ1n) is 4.64. The summed E-state index contributed by atoms with van der Waals surface area (Å²) in [6.07, 6.45) is 2.95. The Labute approximate surface area is 78.3 Å². The Balaban J connectivity index is 2.34. The van der Waals surface area contributed by atoms with Gasteiger partial charge in [0.2, 0.25) is 0 Å². The molecule has 1 rings (SSSR count). The maximum atomic E-state index is 5.21. The normalized spacial score (nSPS) is 10.3. The number of nitrogens with zero attached hydrogens (tertiary/aromatic N) is 1. The smallest absolute Gasteiger partial charge is 0.393 e. The van der Waals surface area contributed by atoms with Crippen LogP contribution in [0.3, 0.4) is 0 Å². The highest BCUT2D eigenvalue weighted by Gasteiger charge is 2.02. The Morgan fingerprint density at radius 1 is 1.54 bits per heavy atom. The Kier molecular flexibility index (Phi) is 4.32. The zero-order valence-electron chi connectivity index (χ0n) is 8.17. The summed E-state index contributed by atoms with van der Waals surface area (Å²) >= 11 is 0. The lowest BCUT2D eigenvalue weighted by molar-refractivity contribution is 0.230. The number of hydrogen-bond acceptors (Lipinski definition) is 4. The largest absolute Gasteiger partial charge is 0.450 e. The van der Waals surface area contributed by atoms with Gasteiger partial charge in [0, 0.05) is 6.54 Å². The maximum Gasteiger partial charge on any atom is 0.393 e. The molecule has 1 aromatic heterocycles. The van der Waals surface area contributed by atoms with Crippen LogP contribution in [0.15, 0.2) is 10.7 Å². The predicted octanol–water partition coefficient (Wildman–Crippen LogP) is 1.57. The summed E-state index contributed by atoms with van der Waals surface area (Å²) in [4.78, 5) is 4.13. The van der Waals surface area contributed by atoms with Gasteiger partial charge in [-0.05, 0) is 13.0 Å². The average Bonchev–Trinajstić information content (AvgIpc) is 2.59. The molecule has 0 unspecified atom stereocenters. The zero-order chi connectivity index (χ0) is 9.52. The minimum atomic E-state index is 0.370. The second kappa shape index (κ2) is 5.59. The van der Waals surface area contributed by atoms with Crippen LogP contribution in [-0.2, 0) is 6.54 Å². The molecular formula is C9H16N2O2. The molecule has 0 saturated heterocycles. The van der Waals surface area contributed by atoms with Crippen LogP contribution in [0.25, 0.3) is 0 Å². The molecule has 0 saturated carbocycles. The van der Waals surface area contributed by atoms with Gasteiger partial charge in [0.15, 0.2) is 0 Å². The molecule has 0 spiro atoms. The molecule has 1 N–H and O–H groups in total. The minimum absolute atomic E-state index is 0.370. The van der Waals surface area contributed by atoms with Gasteiger partial charge in [0.1, 0.15) is 6.26 Å². The van der Waals surface area contributed by atoms with Crippen molar-refractivity contribution in [1.82, 2.24) is 10.3 Å². The summed E-state index contributed by atoms with van der Waals surface area (Å²) in [6, 6.07) is 0. The Bertz CT molecular complexity index is 213. The molecule has 0 aliphatic rings. The fourth-order valence-corrected chi connectivity index (χ4v) is 0.878. The van der Waals surface area contributed by atoms with Gasteiger partial charge in [-0.15, -0.1) is 0 Å². The second-order valence-corrected chi connectivity index (χ2v) is 2.73. The Morgan fingerprint density at radius 3 is 3.08 bits per heavy atom. The van der Waals surface area contributed by atoms with Crippen molar-refractivity contribution in [3.8, 4) is 6.08 Å². The molecule has 4 nitrogen and oxygen atoms in total. The number of aromatic nitrogens is 1. The van der Waals surface area contributed by atoms with Crippen molar-refractivity contribution in [3.63, 3.8) is 0 Å². The van der Waals surface area contributed by atoms with E-state index >= 15 is 0 Å². The summed E-state index contributed by atoms with van der Waals surface area (Å²) in [7, 11) is 0. The highest BCUT2D eigenvalue weighted by atomic mass is 16.6. The molecule has 0 amide bonds. The van der Waals surface area contributed by atoms with Crippen molar-refractivity contribution in [2.24, 2.45) is 0 Å². The van der Waals surface area contributed by atoms with Crippen LogP contribution < -0.4 is 10.1 Å². The van der Waals surface area contributed by atoms with Crippen LogP contribution >= 0.6 is 0 Å². The van der Waals surface area contributed by atoms with E-state index in [2.05, 4.69) is 17.2 Å². The first kappa shape index (κ1) is 10.1.